The Labute approximate surface area is 176 Å². The van der Waals surface area contributed by atoms with Gasteiger partial charge in [-0.1, -0.05) is 6.07 Å². The number of alkyl halides is 3. The summed E-state index contributed by atoms with van der Waals surface area (Å²) in [6.07, 6.45) is -4.62. The number of aliphatic hydroxyl groups is 1. The van der Waals surface area contributed by atoms with Crippen LogP contribution in [0.3, 0.4) is 0 Å². The van der Waals surface area contributed by atoms with Gasteiger partial charge >= 0.3 is 6.18 Å². The molecule has 0 atom stereocenters. The van der Waals surface area contributed by atoms with Gasteiger partial charge in [0.2, 0.25) is 0 Å². The van der Waals surface area contributed by atoms with Crippen molar-refractivity contribution < 1.29 is 22.7 Å². The Morgan fingerprint density at radius 1 is 0.968 bits per heavy atom. The number of aromatic nitrogens is 3. The van der Waals surface area contributed by atoms with E-state index in [1.165, 1.54) is 30.3 Å². The molecule has 0 bridgehead atoms. The summed E-state index contributed by atoms with van der Waals surface area (Å²) in [5.74, 6) is -0.0476. The number of benzene rings is 1. The highest BCUT2D eigenvalue weighted by Gasteiger charge is 2.32. The molecule has 0 amide bonds. The van der Waals surface area contributed by atoms with Gasteiger partial charge in [0.05, 0.1) is 5.60 Å². The Hall–Kier alpha value is -3.27. The first-order valence-corrected chi connectivity index (χ1v) is 9.33. The van der Waals surface area contributed by atoms with E-state index in [4.69, 9.17) is 0 Å². The zero-order valence-corrected chi connectivity index (χ0v) is 17.0. The van der Waals surface area contributed by atoms with Crippen molar-refractivity contribution in [2.24, 2.45) is 0 Å². The van der Waals surface area contributed by atoms with Crippen molar-refractivity contribution in [3.8, 4) is 11.5 Å². The minimum atomic E-state index is -4.62. The minimum absolute atomic E-state index is 0.0672. The summed E-state index contributed by atoms with van der Waals surface area (Å²) in [7, 11) is 0. The van der Waals surface area contributed by atoms with Crippen LogP contribution in [-0.4, -0.2) is 32.2 Å². The zero-order valence-electron chi connectivity index (χ0n) is 17.0. The van der Waals surface area contributed by atoms with Crippen molar-refractivity contribution in [3.05, 3.63) is 59.5 Å². The molecule has 3 aromatic rings. The molecule has 6 nitrogen and oxygen atoms in total. The first-order valence-electron chi connectivity index (χ1n) is 9.33. The third-order valence-corrected chi connectivity index (χ3v) is 4.01. The molecule has 0 aliphatic rings. The molecule has 0 aliphatic carbocycles. The highest BCUT2D eigenvalue weighted by molar-refractivity contribution is 5.64. The number of pyridine rings is 1. The van der Waals surface area contributed by atoms with Crippen molar-refractivity contribution >= 4 is 17.3 Å². The van der Waals surface area contributed by atoms with Crippen LogP contribution in [0.1, 0.15) is 25.1 Å². The van der Waals surface area contributed by atoms with Gasteiger partial charge in [0, 0.05) is 18.3 Å². The molecule has 164 valence electrons. The smallest absolute Gasteiger partial charge is 0.389 e. The van der Waals surface area contributed by atoms with E-state index in [1.54, 1.807) is 26.8 Å². The molecule has 10 heteroatoms. The van der Waals surface area contributed by atoms with E-state index in [0.29, 0.717) is 11.3 Å². The number of hydrogen-bond donors (Lipinski definition) is 3. The molecular weight excluding hydrogens is 414 g/mol. The third kappa shape index (κ3) is 6.35. The molecule has 3 N–H and O–H groups in total. The van der Waals surface area contributed by atoms with Gasteiger partial charge in [0.15, 0.2) is 5.82 Å². The van der Waals surface area contributed by atoms with Crippen molar-refractivity contribution in [2.45, 2.75) is 32.5 Å². The van der Waals surface area contributed by atoms with Gasteiger partial charge in [0.25, 0.3) is 0 Å². The van der Waals surface area contributed by atoms with Gasteiger partial charge in [-0.2, -0.15) is 13.2 Å². The summed E-state index contributed by atoms with van der Waals surface area (Å²) >= 11 is 0. The normalized spacial score (nSPS) is 12.0. The second-order valence-corrected chi connectivity index (χ2v) is 7.68. The number of nitrogens with one attached hydrogen (secondary N) is 2. The monoisotopic (exact) mass is 435 g/mol. The SMILES string of the molecule is Cc1cc(F)cc(Nc2cc(NCC(C)(C)O)nc(-c3cccc(C(F)(F)F)n3)n2)c1. The Balaban J connectivity index is 2.02. The van der Waals surface area contributed by atoms with Crippen LogP contribution in [0, 0.1) is 12.7 Å². The fraction of sp³-hybridized carbons (Fsp3) is 0.286. The standard InChI is InChI=1S/C21H21F4N5O/c1-12-7-13(22)9-14(8-12)27-18-10-17(26-11-20(2,3)31)29-19(30-18)15-5-4-6-16(28-15)21(23,24)25/h4-10,31H,11H2,1-3H3,(H2,26,27,29,30). The van der Waals surface area contributed by atoms with Gasteiger partial charge < -0.3 is 15.7 Å². The Morgan fingerprint density at radius 2 is 1.68 bits per heavy atom. The van der Waals surface area contributed by atoms with Crippen molar-refractivity contribution in [1.29, 1.82) is 0 Å². The van der Waals surface area contributed by atoms with Gasteiger partial charge in [-0.05, 0) is 56.7 Å². The topological polar surface area (TPSA) is 83.0 Å². The van der Waals surface area contributed by atoms with E-state index in [2.05, 4.69) is 25.6 Å². The summed E-state index contributed by atoms with van der Waals surface area (Å²) in [5.41, 5.74) is -1.13. The number of rotatable bonds is 6. The lowest BCUT2D eigenvalue weighted by molar-refractivity contribution is -0.141. The van der Waals surface area contributed by atoms with E-state index in [0.717, 1.165) is 6.07 Å². The van der Waals surface area contributed by atoms with Crippen LogP contribution in [0.4, 0.5) is 34.9 Å². The molecule has 31 heavy (non-hydrogen) atoms. The predicted molar refractivity (Wildman–Crippen MR) is 109 cm³/mol. The number of anilines is 3. The molecule has 3 rings (SSSR count). The van der Waals surface area contributed by atoms with Crippen molar-refractivity contribution in [2.75, 3.05) is 17.2 Å². The molecule has 0 saturated heterocycles. The second-order valence-electron chi connectivity index (χ2n) is 7.68. The van der Waals surface area contributed by atoms with Crippen LogP contribution >= 0.6 is 0 Å². The molecule has 0 radical (unpaired) electrons. The summed E-state index contributed by atoms with van der Waals surface area (Å²) < 4.78 is 52.9. The highest BCUT2D eigenvalue weighted by Crippen LogP contribution is 2.29. The lowest BCUT2D eigenvalue weighted by Gasteiger charge is -2.19. The van der Waals surface area contributed by atoms with Crippen LogP contribution in [-0.2, 0) is 6.18 Å². The van der Waals surface area contributed by atoms with Crippen LogP contribution in [0.25, 0.3) is 11.5 Å². The molecular formula is C21H21F4N5O. The maximum Gasteiger partial charge on any atom is 0.433 e. The van der Waals surface area contributed by atoms with Gasteiger partial charge in [-0.3, -0.25) is 0 Å². The van der Waals surface area contributed by atoms with E-state index >= 15 is 0 Å². The van der Waals surface area contributed by atoms with E-state index < -0.39 is 23.3 Å². The Bertz CT molecular complexity index is 1060. The summed E-state index contributed by atoms with van der Waals surface area (Å²) in [4.78, 5) is 12.1. The van der Waals surface area contributed by atoms with Gasteiger partial charge in [-0.25, -0.2) is 19.3 Å². The lowest BCUT2D eigenvalue weighted by atomic mass is 10.1. The molecule has 0 spiro atoms. The molecule has 0 saturated carbocycles. The van der Waals surface area contributed by atoms with Crippen LogP contribution in [0.5, 0.6) is 0 Å². The molecule has 0 fully saturated rings. The highest BCUT2D eigenvalue weighted by atomic mass is 19.4. The number of nitrogens with zero attached hydrogens (tertiary/aromatic N) is 3. The second kappa shape index (κ2) is 8.46. The number of aryl methyl sites for hydroxylation is 1. The average molecular weight is 435 g/mol. The fourth-order valence-electron chi connectivity index (χ4n) is 2.70. The minimum Gasteiger partial charge on any atom is -0.389 e. The summed E-state index contributed by atoms with van der Waals surface area (Å²) in [5, 5.41) is 15.8. The van der Waals surface area contributed by atoms with Crippen LogP contribution in [0.15, 0.2) is 42.5 Å². The first kappa shape index (κ1) is 22.4. The number of halogens is 4. The Kier molecular flexibility index (Phi) is 6.12. The third-order valence-electron chi connectivity index (χ3n) is 4.01. The molecule has 1 aromatic carbocycles. The van der Waals surface area contributed by atoms with Crippen LogP contribution < -0.4 is 10.6 Å². The summed E-state index contributed by atoms with van der Waals surface area (Å²) in [6.45, 7) is 5.02. The van der Waals surface area contributed by atoms with Gasteiger partial charge in [-0.15, -0.1) is 0 Å². The maximum absolute atomic E-state index is 13.7. The largest absolute Gasteiger partial charge is 0.433 e. The molecule has 0 aliphatic heterocycles. The van der Waals surface area contributed by atoms with Gasteiger partial charge in [0.1, 0.15) is 28.8 Å². The first-order chi connectivity index (χ1) is 14.4. The predicted octanol–water partition coefficient (Wildman–Crippen LogP) is 4.93. The van der Waals surface area contributed by atoms with E-state index in [-0.39, 0.29) is 29.7 Å². The average Bonchev–Trinajstić information content (AvgIpc) is 2.64. The van der Waals surface area contributed by atoms with Crippen molar-refractivity contribution in [3.63, 3.8) is 0 Å². The maximum atomic E-state index is 13.7. The van der Waals surface area contributed by atoms with Crippen molar-refractivity contribution in [1.82, 2.24) is 15.0 Å². The van der Waals surface area contributed by atoms with E-state index in [1.807, 2.05) is 0 Å². The zero-order chi connectivity index (χ0) is 22.8. The quantitative estimate of drug-likeness (QED) is 0.476. The number of hydrogen-bond acceptors (Lipinski definition) is 6. The van der Waals surface area contributed by atoms with E-state index in [9.17, 15) is 22.7 Å². The lowest BCUT2D eigenvalue weighted by Crippen LogP contribution is -2.29. The van der Waals surface area contributed by atoms with Crippen LogP contribution in [0.2, 0.25) is 0 Å². The Morgan fingerprint density at radius 3 is 2.32 bits per heavy atom. The fourth-order valence-corrected chi connectivity index (χ4v) is 2.70. The molecule has 2 aromatic heterocycles. The molecule has 2 heterocycles. The summed E-state index contributed by atoms with van der Waals surface area (Å²) in [6, 6.07) is 9.25. The molecule has 0 unspecified atom stereocenters.